The number of esters is 1. The average molecular weight is 192 g/mol. The van der Waals surface area contributed by atoms with Crippen molar-refractivity contribution in [1.82, 2.24) is 10.3 Å². The van der Waals surface area contributed by atoms with Crippen LogP contribution in [0, 0.1) is 0 Å². The number of carbonyl (C=O) groups is 2. The largest absolute Gasteiger partial charge is 0.464 e. The third-order valence-electron chi connectivity index (χ3n) is 2.08. The Hall–Kier alpha value is -1.91. The van der Waals surface area contributed by atoms with Gasteiger partial charge < -0.3 is 10.1 Å². The standard InChI is InChI=1S/C9H8N2O3/c1-14-9(13)7-6-5(2-3-10-7)4-11-8(6)12/h2-3H,4H2,1H3,(H,11,12). The fourth-order valence-corrected chi connectivity index (χ4v) is 1.42. The number of pyridine rings is 1. The summed E-state index contributed by atoms with van der Waals surface area (Å²) in [6.07, 6.45) is 1.49. The van der Waals surface area contributed by atoms with E-state index in [4.69, 9.17) is 0 Å². The lowest BCUT2D eigenvalue weighted by atomic mass is 10.1. The quantitative estimate of drug-likeness (QED) is 0.641. The summed E-state index contributed by atoms with van der Waals surface area (Å²) < 4.78 is 4.53. The van der Waals surface area contributed by atoms with Crippen LogP contribution in [-0.4, -0.2) is 24.0 Å². The second-order valence-electron chi connectivity index (χ2n) is 2.87. The Morgan fingerprint density at radius 1 is 1.64 bits per heavy atom. The second kappa shape index (κ2) is 3.10. The summed E-state index contributed by atoms with van der Waals surface area (Å²) in [6.45, 7) is 0.445. The molecule has 14 heavy (non-hydrogen) atoms. The first kappa shape index (κ1) is 8.68. The highest BCUT2D eigenvalue weighted by atomic mass is 16.5. The van der Waals surface area contributed by atoms with Crippen molar-refractivity contribution in [2.75, 3.05) is 7.11 Å². The third kappa shape index (κ3) is 1.14. The fraction of sp³-hybridized carbons (Fsp3) is 0.222. The Morgan fingerprint density at radius 2 is 2.43 bits per heavy atom. The van der Waals surface area contributed by atoms with Gasteiger partial charge in [-0.15, -0.1) is 0 Å². The zero-order chi connectivity index (χ0) is 10.1. The number of amides is 1. The molecular weight excluding hydrogens is 184 g/mol. The summed E-state index contributed by atoms with van der Waals surface area (Å²) in [6, 6.07) is 1.71. The first-order valence-corrected chi connectivity index (χ1v) is 4.08. The van der Waals surface area contributed by atoms with Crippen LogP contribution in [0.4, 0.5) is 0 Å². The van der Waals surface area contributed by atoms with Gasteiger partial charge in [-0.2, -0.15) is 0 Å². The Labute approximate surface area is 80.1 Å². The summed E-state index contributed by atoms with van der Waals surface area (Å²) in [5.74, 6) is -0.854. The maximum absolute atomic E-state index is 11.3. The van der Waals surface area contributed by atoms with E-state index in [1.54, 1.807) is 6.07 Å². The van der Waals surface area contributed by atoms with E-state index >= 15 is 0 Å². The predicted octanol–water partition coefficient (Wildman–Crippen LogP) is 0.112. The number of fused-ring (bicyclic) bond motifs is 1. The Morgan fingerprint density at radius 3 is 3.14 bits per heavy atom. The molecule has 72 valence electrons. The molecule has 5 heteroatoms. The lowest BCUT2D eigenvalue weighted by Crippen LogP contribution is -2.16. The van der Waals surface area contributed by atoms with Crippen molar-refractivity contribution in [3.63, 3.8) is 0 Å². The molecule has 1 amide bonds. The number of hydrogen-bond acceptors (Lipinski definition) is 4. The number of aromatic nitrogens is 1. The molecule has 0 atom stereocenters. The van der Waals surface area contributed by atoms with E-state index in [1.807, 2.05) is 0 Å². The Balaban J connectivity index is 2.57. The molecule has 2 rings (SSSR count). The molecule has 0 fully saturated rings. The van der Waals surface area contributed by atoms with Gasteiger partial charge in [0.25, 0.3) is 5.91 Å². The van der Waals surface area contributed by atoms with Crippen molar-refractivity contribution in [3.8, 4) is 0 Å². The zero-order valence-electron chi connectivity index (χ0n) is 7.53. The number of nitrogens with zero attached hydrogens (tertiary/aromatic N) is 1. The summed E-state index contributed by atoms with van der Waals surface area (Å²) in [5, 5.41) is 2.62. The maximum Gasteiger partial charge on any atom is 0.357 e. The Bertz CT molecular complexity index is 415. The molecule has 0 aliphatic carbocycles. The van der Waals surface area contributed by atoms with Crippen LogP contribution >= 0.6 is 0 Å². The van der Waals surface area contributed by atoms with Crippen LogP contribution in [0.2, 0.25) is 0 Å². The normalized spacial score (nSPS) is 13.4. The minimum absolute atomic E-state index is 0.0833. The van der Waals surface area contributed by atoms with Gasteiger partial charge in [0.05, 0.1) is 12.7 Å². The van der Waals surface area contributed by atoms with Crippen molar-refractivity contribution in [2.45, 2.75) is 6.54 Å². The minimum Gasteiger partial charge on any atom is -0.464 e. The lowest BCUT2D eigenvalue weighted by Gasteiger charge is -2.01. The molecule has 0 aromatic carbocycles. The van der Waals surface area contributed by atoms with Crippen molar-refractivity contribution in [3.05, 3.63) is 29.1 Å². The number of rotatable bonds is 1. The first-order chi connectivity index (χ1) is 6.74. The summed E-state index contributed by atoms with van der Waals surface area (Å²) in [5.41, 5.74) is 1.20. The van der Waals surface area contributed by atoms with Gasteiger partial charge in [0.1, 0.15) is 0 Å². The highest BCUT2D eigenvalue weighted by Crippen LogP contribution is 2.18. The molecule has 0 saturated heterocycles. The number of methoxy groups -OCH3 is 1. The Kier molecular flexibility index (Phi) is 1.92. The smallest absolute Gasteiger partial charge is 0.357 e. The van der Waals surface area contributed by atoms with Gasteiger partial charge in [0, 0.05) is 12.7 Å². The topological polar surface area (TPSA) is 68.3 Å². The van der Waals surface area contributed by atoms with Gasteiger partial charge in [-0.3, -0.25) is 4.79 Å². The van der Waals surface area contributed by atoms with Gasteiger partial charge >= 0.3 is 5.97 Å². The lowest BCUT2D eigenvalue weighted by molar-refractivity contribution is 0.0590. The van der Waals surface area contributed by atoms with Crippen molar-refractivity contribution >= 4 is 11.9 Å². The molecule has 1 N–H and O–H groups in total. The molecular formula is C9H8N2O3. The van der Waals surface area contributed by atoms with E-state index < -0.39 is 5.97 Å². The molecule has 0 radical (unpaired) electrons. The van der Waals surface area contributed by atoms with Crippen molar-refractivity contribution in [1.29, 1.82) is 0 Å². The highest BCUT2D eigenvalue weighted by molar-refractivity contribution is 6.06. The van der Waals surface area contributed by atoms with Crippen LogP contribution in [-0.2, 0) is 11.3 Å². The van der Waals surface area contributed by atoms with E-state index in [0.29, 0.717) is 12.1 Å². The number of carbonyl (C=O) groups excluding carboxylic acids is 2. The second-order valence-corrected chi connectivity index (χ2v) is 2.87. The van der Waals surface area contributed by atoms with E-state index in [-0.39, 0.29) is 11.6 Å². The van der Waals surface area contributed by atoms with Gasteiger partial charge in [-0.1, -0.05) is 0 Å². The zero-order valence-corrected chi connectivity index (χ0v) is 7.53. The molecule has 2 heterocycles. The predicted molar refractivity (Wildman–Crippen MR) is 46.7 cm³/mol. The number of nitrogens with one attached hydrogen (secondary N) is 1. The van der Waals surface area contributed by atoms with Crippen LogP contribution in [0.5, 0.6) is 0 Å². The van der Waals surface area contributed by atoms with Crippen LogP contribution in [0.25, 0.3) is 0 Å². The summed E-state index contributed by atoms with van der Waals surface area (Å²) >= 11 is 0. The van der Waals surface area contributed by atoms with Gasteiger partial charge in [0.15, 0.2) is 5.69 Å². The molecule has 0 saturated carbocycles. The monoisotopic (exact) mass is 192 g/mol. The SMILES string of the molecule is COC(=O)c1nccc2c1C(=O)NC2. The van der Waals surface area contributed by atoms with Crippen LogP contribution in [0.1, 0.15) is 26.4 Å². The summed E-state index contributed by atoms with van der Waals surface area (Å²) in [7, 11) is 1.26. The molecule has 0 unspecified atom stereocenters. The molecule has 0 bridgehead atoms. The molecule has 1 aliphatic heterocycles. The number of hydrogen-bond donors (Lipinski definition) is 1. The third-order valence-corrected chi connectivity index (χ3v) is 2.08. The van der Waals surface area contributed by atoms with Gasteiger partial charge in [-0.25, -0.2) is 9.78 Å². The van der Waals surface area contributed by atoms with Crippen LogP contribution < -0.4 is 5.32 Å². The molecule has 1 aromatic rings. The first-order valence-electron chi connectivity index (χ1n) is 4.08. The molecule has 0 spiro atoms. The minimum atomic E-state index is -0.584. The molecule has 1 aliphatic rings. The van der Waals surface area contributed by atoms with Gasteiger partial charge in [-0.05, 0) is 11.6 Å². The average Bonchev–Trinajstić information content (AvgIpc) is 2.59. The van der Waals surface area contributed by atoms with E-state index in [2.05, 4.69) is 15.0 Å². The number of ether oxygens (including phenoxy) is 1. The maximum atomic E-state index is 11.3. The van der Waals surface area contributed by atoms with Gasteiger partial charge in [0.2, 0.25) is 0 Å². The van der Waals surface area contributed by atoms with E-state index in [9.17, 15) is 9.59 Å². The van der Waals surface area contributed by atoms with E-state index in [1.165, 1.54) is 13.3 Å². The highest BCUT2D eigenvalue weighted by Gasteiger charge is 2.26. The van der Waals surface area contributed by atoms with Crippen molar-refractivity contribution < 1.29 is 14.3 Å². The summed E-state index contributed by atoms with van der Waals surface area (Å²) in [4.78, 5) is 26.4. The van der Waals surface area contributed by atoms with Crippen molar-refractivity contribution in [2.24, 2.45) is 0 Å². The van der Waals surface area contributed by atoms with E-state index in [0.717, 1.165) is 5.56 Å². The fourth-order valence-electron chi connectivity index (χ4n) is 1.42. The molecule has 1 aromatic heterocycles. The molecule has 5 nitrogen and oxygen atoms in total. The van der Waals surface area contributed by atoms with Crippen LogP contribution in [0.15, 0.2) is 12.3 Å². The van der Waals surface area contributed by atoms with Crippen LogP contribution in [0.3, 0.4) is 0 Å².